The van der Waals surface area contributed by atoms with Crippen LogP contribution in [0.2, 0.25) is 0 Å². The maximum absolute atomic E-state index is 13.0. The zero-order chi connectivity index (χ0) is 22.9. The molecule has 0 radical (unpaired) electrons. The van der Waals surface area contributed by atoms with Crippen molar-refractivity contribution in [3.8, 4) is 5.75 Å². The van der Waals surface area contributed by atoms with Crippen molar-refractivity contribution in [2.75, 3.05) is 20.2 Å². The summed E-state index contributed by atoms with van der Waals surface area (Å²) in [4.78, 5) is 15.8. The number of alkyl halides is 3. The number of guanidine groups is 1. The number of halogens is 4. The van der Waals surface area contributed by atoms with Crippen LogP contribution < -0.4 is 21.1 Å². The number of hydrogen-bond acceptors (Lipinski definition) is 3. The Morgan fingerprint density at radius 2 is 1.68 bits per heavy atom. The number of primary amides is 1. The van der Waals surface area contributed by atoms with Crippen LogP contribution in [0.4, 0.5) is 17.6 Å². The molecule has 0 fully saturated rings. The van der Waals surface area contributed by atoms with E-state index in [1.54, 1.807) is 31.3 Å². The highest BCUT2D eigenvalue weighted by atomic mass is 19.4. The van der Waals surface area contributed by atoms with Crippen LogP contribution in [0.5, 0.6) is 5.75 Å². The van der Waals surface area contributed by atoms with Gasteiger partial charge in [-0.25, -0.2) is 4.39 Å². The molecule has 0 saturated carbocycles. The molecule has 2 rings (SSSR count). The lowest BCUT2D eigenvalue weighted by Gasteiger charge is -2.17. The molecule has 0 bridgehead atoms. The number of nitrogens with one attached hydrogen (secondary N) is 2. The fourth-order valence-electron chi connectivity index (χ4n) is 2.67. The van der Waals surface area contributed by atoms with Gasteiger partial charge in [0, 0.05) is 20.1 Å². The second-order valence-corrected chi connectivity index (χ2v) is 6.78. The first-order valence-electron chi connectivity index (χ1n) is 9.43. The second-order valence-electron chi connectivity index (χ2n) is 6.78. The number of amides is 1. The first-order valence-corrected chi connectivity index (χ1v) is 9.43. The Morgan fingerprint density at radius 1 is 1.06 bits per heavy atom. The molecule has 0 spiro atoms. The molecular weight excluding hydrogens is 416 g/mol. The van der Waals surface area contributed by atoms with Crippen molar-refractivity contribution in [3.63, 3.8) is 0 Å². The minimum absolute atomic E-state index is 0.119. The van der Waals surface area contributed by atoms with Gasteiger partial charge in [-0.2, -0.15) is 13.2 Å². The summed E-state index contributed by atoms with van der Waals surface area (Å²) in [6.45, 7) is -0.783. The number of rotatable bonds is 9. The van der Waals surface area contributed by atoms with Gasteiger partial charge in [-0.1, -0.05) is 24.3 Å². The van der Waals surface area contributed by atoms with Crippen LogP contribution in [-0.2, 0) is 17.8 Å². The molecule has 168 valence electrons. The monoisotopic (exact) mass is 440 g/mol. The number of nitrogens with two attached hydrogens (primary N) is 1. The van der Waals surface area contributed by atoms with Crippen molar-refractivity contribution in [2.45, 2.75) is 19.1 Å². The molecule has 1 amide bonds. The summed E-state index contributed by atoms with van der Waals surface area (Å²) in [5.41, 5.74) is 7.05. The van der Waals surface area contributed by atoms with Gasteiger partial charge in [-0.3, -0.25) is 9.79 Å². The third kappa shape index (κ3) is 8.93. The summed E-state index contributed by atoms with van der Waals surface area (Å²) in [6, 6.07) is 12.0. The van der Waals surface area contributed by atoms with E-state index in [1.807, 2.05) is 0 Å². The summed E-state index contributed by atoms with van der Waals surface area (Å²) in [5, 5.41) is 6.06. The number of carbonyl (C=O) groups is 1. The number of benzene rings is 2. The SMILES string of the molecule is CN=C(NCc1ccc(OCC(F)(F)F)cc1)NCC(Cc1ccc(F)cc1)C(N)=O. The average molecular weight is 440 g/mol. The van der Waals surface area contributed by atoms with Gasteiger partial charge in [0.25, 0.3) is 0 Å². The van der Waals surface area contributed by atoms with Crippen LogP contribution >= 0.6 is 0 Å². The molecule has 0 aliphatic carbocycles. The van der Waals surface area contributed by atoms with Crippen molar-refractivity contribution >= 4 is 11.9 Å². The number of aliphatic imine (C=N–C) groups is 1. The summed E-state index contributed by atoms with van der Waals surface area (Å²) in [6.07, 6.45) is -4.04. The van der Waals surface area contributed by atoms with Crippen LogP contribution in [0.3, 0.4) is 0 Å². The summed E-state index contributed by atoms with van der Waals surface area (Å²) < 4.78 is 54.3. The van der Waals surface area contributed by atoms with Gasteiger partial charge in [0.1, 0.15) is 11.6 Å². The van der Waals surface area contributed by atoms with Gasteiger partial charge in [-0.05, 0) is 41.8 Å². The Kier molecular flexibility index (Phi) is 8.65. The van der Waals surface area contributed by atoms with Crippen LogP contribution in [0, 0.1) is 11.7 Å². The number of hydrogen-bond donors (Lipinski definition) is 3. The Labute approximate surface area is 177 Å². The van der Waals surface area contributed by atoms with E-state index in [4.69, 9.17) is 5.73 Å². The molecule has 1 atom stereocenters. The summed E-state index contributed by atoms with van der Waals surface area (Å²) in [7, 11) is 1.56. The van der Waals surface area contributed by atoms with Gasteiger partial charge in [0.05, 0.1) is 5.92 Å². The minimum Gasteiger partial charge on any atom is -0.484 e. The third-order valence-electron chi connectivity index (χ3n) is 4.32. The van der Waals surface area contributed by atoms with Crippen molar-refractivity contribution in [3.05, 3.63) is 65.5 Å². The number of carbonyl (C=O) groups excluding carboxylic acids is 1. The first-order chi connectivity index (χ1) is 14.7. The van der Waals surface area contributed by atoms with Crippen molar-refractivity contribution in [1.82, 2.24) is 10.6 Å². The van der Waals surface area contributed by atoms with Crippen LogP contribution in [-0.4, -0.2) is 38.2 Å². The van der Waals surface area contributed by atoms with E-state index in [0.717, 1.165) is 11.1 Å². The smallest absolute Gasteiger partial charge is 0.422 e. The molecule has 10 heteroatoms. The van der Waals surface area contributed by atoms with Crippen LogP contribution in [0.1, 0.15) is 11.1 Å². The molecule has 2 aromatic rings. The van der Waals surface area contributed by atoms with E-state index in [1.165, 1.54) is 24.3 Å². The largest absolute Gasteiger partial charge is 0.484 e. The normalized spacial score (nSPS) is 12.9. The lowest BCUT2D eigenvalue weighted by molar-refractivity contribution is -0.153. The van der Waals surface area contributed by atoms with E-state index >= 15 is 0 Å². The van der Waals surface area contributed by atoms with Crippen LogP contribution in [0.25, 0.3) is 0 Å². The fraction of sp³-hybridized carbons (Fsp3) is 0.333. The van der Waals surface area contributed by atoms with Crippen molar-refractivity contribution in [1.29, 1.82) is 0 Å². The molecule has 0 heterocycles. The molecular formula is C21H24F4N4O2. The fourth-order valence-corrected chi connectivity index (χ4v) is 2.67. The molecule has 0 aliphatic rings. The van der Waals surface area contributed by atoms with Gasteiger partial charge in [0.2, 0.25) is 5.91 Å². The van der Waals surface area contributed by atoms with Gasteiger partial charge in [-0.15, -0.1) is 0 Å². The van der Waals surface area contributed by atoms with E-state index in [9.17, 15) is 22.4 Å². The Hall–Kier alpha value is -3.30. The Balaban J connectivity index is 1.84. The highest BCUT2D eigenvalue weighted by molar-refractivity contribution is 5.81. The van der Waals surface area contributed by atoms with Crippen LogP contribution in [0.15, 0.2) is 53.5 Å². The molecule has 0 saturated heterocycles. The average Bonchev–Trinajstić information content (AvgIpc) is 2.73. The predicted molar refractivity (Wildman–Crippen MR) is 109 cm³/mol. The van der Waals surface area contributed by atoms with Crippen molar-refractivity contribution < 1.29 is 27.1 Å². The van der Waals surface area contributed by atoms with Gasteiger partial charge >= 0.3 is 6.18 Å². The van der Waals surface area contributed by atoms with Gasteiger partial charge < -0.3 is 21.1 Å². The minimum atomic E-state index is -4.39. The number of nitrogens with zero attached hydrogens (tertiary/aromatic N) is 1. The zero-order valence-electron chi connectivity index (χ0n) is 16.9. The molecule has 2 aromatic carbocycles. The van der Waals surface area contributed by atoms with E-state index < -0.39 is 24.6 Å². The Bertz CT molecular complexity index is 868. The first kappa shape index (κ1) is 24.0. The van der Waals surface area contributed by atoms with Gasteiger partial charge in [0.15, 0.2) is 12.6 Å². The molecule has 4 N–H and O–H groups in total. The highest BCUT2D eigenvalue weighted by Crippen LogP contribution is 2.18. The molecule has 1 unspecified atom stereocenters. The molecule has 31 heavy (non-hydrogen) atoms. The molecule has 0 aliphatic heterocycles. The molecule has 6 nitrogen and oxygen atoms in total. The summed E-state index contributed by atoms with van der Waals surface area (Å²) >= 11 is 0. The zero-order valence-corrected chi connectivity index (χ0v) is 16.9. The lowest BCUT2D eigenvalue weighted by Crippen LogP contribution is -2.42. The third-order valence-corrected chi connectivity index (χ3v) is 4.32. The maximum Gasteiger partial charge on any atom is 0.422 e. The molecule has 0 aromatic heterocycles. The van der Waals surface area contributed by atoms with E-state index in [0.29, 0.717) is 18.9 Å². The van der Waals surface area contributed by atoms with E-state index in [-0.39, 0.29) is 18.1 Å². The maximum atomic E-state index is 13.0. The number of ether oxygens (including phenoxy) is 1. The Morgan fingerprint density at radius 3 is 2.23 bits per heavy atom. The topological polar surface area (TPSA) is 88.7 Å². The predicted octanol–water partition coefficient (Wildman–Crippen LogP) is 2.78. The van der Waals surface area contributed by atoms with E-state index in [2.05, 4.69) is 20.4 Å². The summed E-state index contributed by atoms with van der Waals surface area (Å²) in [5.74, 6) is -0.853. The quantitative estimate of drug-likeness (QED) is 0.318. The van der Waals surface area contributed by atoms with Crippen molar-refractivity contribution in [2.24, 2.45) is 16.6 Å². The lowest BCUT2D eigenvalue weighted by atomic mass is 9.98. The highest BCUT2D eigenvalue weighted by Gasteiger charge is 2.28. The standard InChI is InChI=1S/C21H24F4N4O2/c1-27-20(28-11-15-4-8-18(9-5-15)31-13-21(23,24)25)29-12-16(19(26)30)10-14-2-6-17(22)7-3-14/h2-9,16H,10-13H2,1H3,(H2,26,30)(H2,27,28,29). The second kappa shape index (κ2) is 11.2.